The molecular formula is C22H31N7O2. The van der Waals surface area contributed by atoms with Crippen LogP contribution in [0, 0.1) is 5.92 Å². The highest BCUT2D eigenvalue weighted by Crippen LogP contribution is 2.42. The van der Waals surface area contributed by atoms with E-state index >= 15 is 0 Å². The number of carbonyl (C=O) groups is 1. The van der Waals surface area contributed by atoms with Crippen LogP contribution in [0.25, 0.3) is 16.8 Å². The normalized spacial score (nSPS) is 24.7. The molecule has 0 aromatic carbocycles. The molecule has 2 fully saturated rings. The van der Waals surface area contributed by atoms with Crippen LogP contribution in [0.15, 0.2) is 18.5 Å². The molecule has 0 radical (unpaired) electrons. The fourth-order valence-electron chi connectivity index (χ4n) is 5.27. The van der Waals surface area contributed by atoms with Crippen LogP contribution in [0.4, 0.5) is 4.79 Å². The Balaban J connectivity index is 1.23. The third-order valence-electron chi connectivity index (χ3n) is 6.89. The summed E-state index contributed by atoms with van der Waals surface area (Å²) in [6.07, 6.45) is 9.70. The number of hydrogen-bond donors (Lipinski definition) is 2. The van der Waals surface area contributed by atoms with Crippen molar-refractivity contribution in [2.24, 2.45) is 5.92 Å². The number of nitrogens with one attached hydrogen (secondary N) is 2. The van der Waals surface area contributed by atoms with Crippen LogP contribution in [-0.2, 0) is 4.74 Å². The molecule has 4 heterocycles. The Morgan fingerprint density at radius 3 is 2.97 bits per heavy atom. The number of alkyl carbamates (subject to hydrolysis) is 1. The SMILES string of the molecule is CC[C@@H]1C[C@H](OC(=O)NCCN2CCCCC2)C[C@@H]1c1nnc2cnc3[nH]ccc3n12. The minimum Gasteiger partial charge on any atom is -0.446 e. The van der Waals surface area contributed by atoms with Crippen LogP contribution in [0.2, 0.25) is 0 Å². The van der Waals surface area contributed by atoms with Gasteiger partial charge >= 0.3 is 6.09 Å². The molecule has 1 aliphatic heterocycles. The summed E-state index contributed by atoms with van der Waals surface area (Å²) in [4.78, 5) is 22.4. The minimum atomic E-state index is -0.305. The summed E-state index contributed by atoms with van der Waals surface area (Å²) < 4.78 is 7.89. The summed E-state index contributed by atoms with van der Waals surface area (Å²) >= 11 is 0. The molecule has 2 N–H and O–H groups in total. The van der Waals surface area contributed by atoms with E-state index in [0.717, 1.165) is 61.5 Å². The van der Waals surface area contributed by atoms with Crippen molar-refractivity contribution in [3.63, 3.8) is 0 Å². The summed E-state index contributed by atoms with van der Waals surface area (Å²) in [5.74, 6) is 1.54. The number of H-pyrrole nitrogens is 1. The van der Waals surface area contributed by atoms with E-state index in [1.165, 1.54) is 19.3 Å². The van der Waals surface area contributed by atoms with E-state index in [1.807, 2.05) is 12.3 Å². The maximum Gasteiger partial charge on any atom is 0.407 e. The number of hydrogen-bond acceptors (Lipinski definition) is 6. The molecule has 1 aliphatic carbocycles. The molecular weight excluding hydrogens is 394 g/mol. The number of aromatic nitrogens is 5. The third-order valence-corrected chi connectivity index (χ3v) is 6.89. The molecule has 3 atom stereocenters. The van der Waals surface area contributed by atoms with Crippen molar-refractivity contribution in [3.8, 4) is 0 Å². The van der Waals surface area contributed by atoms with Gasteiger partial charge in [-0.2, -0.15) is 0 Å². The summed E-state index contributed by atoms with van der Waals surface area (Å²) in [7, 11) is 0. The van der Waals surface area contributed by atoms with E-state index in [0.29, 0.717) is 12.5 Å². The van der Waals surface area contributed by atoms with E-state index in [4.69, 9.17) is 4.74 Å². The Bertz CT molecular complexity index is 1040. The van der Waals surface area contributed by atoms with Gasteiger partial charge in [-0.1, -0.05) is 19.8 Å². The topological polar surface area (TPSA) is 100 Å². The Hall–Kier alpha value is -2.68. The van der Waals surface area contributed by atoms with E-state index in [1.54, 1.807) is 6.20 Å². The molecule has 2 aliphatic rings. The standard InChI is InChI=1S/C22H31N7O2/c1-2-15-12-16(31-22(30)24-8-11-28-9-4-3-5-10-28)13-17(15)21-27-26-19-14-25-20-18(29(19)21)6-7-23-20/h6-7,14-17,23H,2-5,8-13H2,1H3,(H,24,30)/t15-,16+,17+/m1/s1. The molecule has 9 heteroatoms. The maximum atomic E-state index is 12.4. The first kappa shape index (κ1) is 20.2. The molecule has 1 saturated heterocycles. The van der Waals surface area contributed by atoms with Crippen molar-refractivity contribution in [2.75, 3.05) is 26.2 Å². The number of ether oxygens (including phenoxy) is 1. The van der Waals surface area contributed by atoms with Crippen LogP contribution in [-0.4, -0.2) is 67.8 Å². The number of rotatable bonds is 6. The first-order chi connectivity index (χ1) is 15.2. The summed E-state index contributed by atoms with van der Waals surface area (Å²) in [6, 6.07) is 2.00. The number of piperidine rings is 1. The second-order valence-corrected chi connectivity index (χ2v) is 8.82. The molecule has 166 valence electrons. The van der Waals surface area contributed by atoms with Crippen LogP contribution < -0.4 is 5.32 Å². The molecule has 0 bridgehead atoms. The monoisotopic (exact) mass is 425 g/mol. The molecule has 5 rings (SSSR count). The summed E-state index contributed by atoms with van der Waals surface area (Å²) in [5, 5.41) is 11.8. The number of fused-ring (bicyclic) bond motifs is 3. The fourth-order valence-corrected chi connectivity index (χ4v) is 5.27. The lowest BCUT2D eigenvalue weighted by atomic mass is 9.93. The van der Waals surface area contributed by atoms with E-state index in [9.17, 15) is 4.79 Å². The summed E-state index contributed by atoms with van der Waals surface area (Å²) in [5.41, 5.74) is 2.55. The van der Waals surface area contributed by atoms with Gasteiger partial charge in [-0.3, -0.25) is 4.40 Å². The zero-order chi connectivity index (χ0) is 21.2. The van der Waals surface area contributed by atoms with Gasteiger partial charge in [0.05, 0.1) is 11.7 Å². The fraction of sp³-hybridized carbons (Fsp3) is 0.636. The molecule has 31 heavy (non-hydrogen) atoms. The van der Waals surface area contributed by atoms with Crippen LogP contribution in [0.1, 0.15) is 57.2 Å². The van der Waals surface area contributed by atoms with Crippen molar-refractivity contribution in [2.45, 2.75) is 57.5 Å². The number of carbonyl (C=O) groups excluding carboxylic acids is 1. The van der Waals surface area contributed by atoms with Crippen molar-refractivity contribution in [1.82, 2.24) is 34.8 Å². The number of aromatic amines is 1. The van der Waals surface area contributed by atoms with Gasteiger partial charge in [-0.25, -0.2) is 9.78 Å². The van der Waals surface area contributed by atoms with Crippen LogP contribution in [0.3, 0.4) is 0 Å². The lowest BCUT2D eigenvalue weighted by Crippen LogP contribution is -2.38. The first-order valence-corrected chi connectivity index (χ1v) is 11.6. The number of amides is 1. The lowest BCUT2D eigenvalue weighted by Gasteiger charge is -2.26. The van der Waals surface area contributed by atoms with E-state index in [2.05, 4.69) is 41.7 Å². The molecule has 3 aromatic heterocycles. The van der Waals surface area contributed by atoms with Crippen molar-refractivity contribution in [1.29, 1.82) is 0 Å². The largest absolute Gasteiger partial charge is 0.446 e. The van der Waals surface area contributed by atoms with Crippen molar-refractivity contribution in [3.05, 3.63) is 24.3 Å². The van der Waals surface area contributed by atoms with Gasteiger partial charge in [-0.15, -0.1) is 10.2 Å². The maximum absolute atomic E-state index is 12.4. The van der Waals surface area contributed by atoms with E-state index in [-0.39, 0.29) is 18.1 Å². The molecule has 1 amide bonds. The Kier molecular flexibility index (Phi) is 5.76. The average molecular weight is 426 g/mol. The number of nitrogens with zero attached hydrogens (tertiary/aromatic N) is 5. The predicted octanol–water partition coefficient (Wildman–Crippen LogP) is 3.09. The molecule has 3 aromatic rings. The molecule has 0 unspecified atom stereocenters. The second-order valence-electron chi connectivity index (χ2n) is 8.82. The molecule has 0 spiro atoms. The third kappa shape index (κ3) is 4.11. The Labute approximate surface area is 181 Å². The summed E-state index contributed by atoms with van der Waals surface area (Å²) in [6.45, 7) is 5.99. The first-order valence-electron chi connectivity index (χ1n) is 11.6. The lowest BCUT2D eigenvalue weighted by molar-refractivity contribution is 0.0968. The zero-order valence-electron chi connectivity index (χ0n) is 18.1. The van der Waals surface area contributed by atoms with Gasteiger partial charge < -0.3 is 19.9 Å². The molecule has 1 saturated carbocycles. The average Bonchev–Trinajstić information content (AvgIpc) is 3.51. The van der Waals surface area contributed by atoms with Crippen molar-refractivity contribution >= 4 is 22.9 Å². The minimum absolute atomic E-state index is 0.0964. The van der Waals surface area contributed by atoms with Gasteiger partial charge in [0.25, 0.3) is 0 Å². The quantitative estimate of drug-likeness (QED) is 0.629. The van der Waals surface area contributed by atoms with Crippen LogP contribution in [0.5, 0.6) is 0 Å². The Morgan fingerprint density at radius 2 is 2.13 bits per heavy atom. The highest BCUT2D eigenvalue weighted by molar-refractivity contribution is 5.74. The smallest absolute Gasteiger partial charge is 0.407 e. The second kappa shape index (κ2) is 8.82. The van der Waals surface area contributed by atoms with Gasteiger partial charge in [0.2, 0.25) is 0 Å². The zero-order valence-corrected chi connectivity index (χ0v) is 18.1. The number of likely N-dealkylation sites (tertiary alicyclic amines) is 1. The highest BCUT2D eigenvalue weighted by atomic mass is 16.6. The Morgan fingerprint density at radius 1 is 1.26 bits per heavy atom. The predicted molar refractivity (Wildman–Crippen MR) is 117 cm³/mol. The highest BCUT2D eigenvalue weighted by Gasteiger charge is 2.39. The van der Waals surface area contributed by atoms with Gasteiger partial charge in [0.15, 0.2) is 11.3 Å². The van der Waals surface area contributed by atoms with Gasteiger partial charge in [0, 0.05) is 25.2 Å². The van der Waals surface area contributed by atoms with Crippen LogP contribution >= 0.6 is 0 Å². The van der Waals surface area contributed by atoms with Gasteiger partial charge in [-0.05, 0) is 50.8 Å². The van der Waals surface area contributed by atoms with Crippen molar-refractivity contribution < 1.29 is 9.53 Å². The molecule has 9 nitrogen and oxygen atoms in total. The van der Waals surface area contributed by atoms with Gasteiger partial charge in [0.1, 0.15) is 11.9 Å². The van der Waals surface area contributed by atoms with E-state index < -0.39 is 0 Å².